The number of ether oxygens (including phenoxy) is 2. The van der Waals surface area contributed by atoms with Gasteiger partial charge in [-0.25, -0.2) is 4.79 Å². The zero-order chi connectivity index (χ0) is 16.1. The number of carbonyl (C=O) groups is 1. The van der Waals surface area contributed by atoms with E-state index in [1.807, 2.05) is 36.2 Å². The van der Waals surface area contributed by atoms with Crippen LogP contribution in [0, 0.1) is 5.92 Å². The summed E-state index contributed by atoms with van der Waals surface area (Å²) in [6.45, 7) is 3.13. The highest BCUT2D eigenvalue weighted by Crippen LogP contribution is 2.31. The summed E-state index contributed by atoms with van der Waals surface area (Å²) in [6, 6.07) is 8.02. The normalized spacial score (nSPS) is 21.7. The molecule has 1 N–H and O–H groups in total. The van der Waals surface area contributed by atoms with E-state index in [1.165, 1.54) is 0 Å². The molecule has 2 aliphatic rings. The first kappa shape index (κ1) is 16.1. The van der Waals surface area contributed by atoms with Crippen LogP contribution in [0.15, 0.2) is 24.3 Å². The van der Waals surface area contributed by atoms with Crippen molar-refractivity contribution in [2.24, 2.45) is 5.92 Å². The molecule has 2 amide bonds. The van der Waals surface area contributed by atoms with Crippen molar-refractivity contribution in [1.29, 1.82) is 0 Å². The summed E-state index contributed by atoms with van der Waals surface area (Å²) >= 11 is 0. The second-order valence-electron chi connectivity index (χ2n) is 6.47. The number of hydrogen-bond acceptors (Lipinski definition) is 3. The number of rotatable bonds is 3. The molecule has 0 aliphatic carbocycles. The highest BCUT2D eigenvalue weighted by molar-refractivity contribution is 5.74. The van der Waals surface area contributed by atoms with Gasteiger partial charge in [0.1, 0.15) is 5.75 Å². The summed E-state index contributed by atoms with van der Waals surface area (Å²) in [5, 5.41) is 3.18. The molecule has 0 spiro atoms. The maximum atomic E-state index is 12.5. The van der Waals surface area contributed by atoms with E-state index in [2.05, 4.69) is 5.32 Å². The molecular formula is C18H26N2O3. The first-order valence-electron chi connectivity index (χ1n) is 8.55. The Hall–Kier alpha value is -1.75. The van der Waals surface area contributed by atoms with Crippen molar-refractivity contribution in [1.82, 2.24) is 10.2 Å². The lowest BCUT2D eigenvalue weighted by molar-refractivity contribution is 0.0584. The zero-order valence-corrected chi connectivity index (χ0v) is 13.8. The monoisotopic (exact) mass is 318 g/mol. The quantitative estimate of drug-likeness (QED) is 0.932. The maximum Gasteiger partial charge on any atom is 0.317 e. The van der Waals surface area contributed by atoms with Crippen LogP contribution in [-0.2, 0) is 4.74 Å². The first-order valence-corrected chi connectivity index (χ1v) is 8.55. The summed E-state index contributed by atoms with van der Waals surface area (Å²) < 4.78 is 11.1. The fraction of sp³-hybridized carbons (Fsp3) is 0.611. The van der Waals surface area contributed by atoms with Gasteiger partial charge in [0.15, 0.2) is 0 Å². The molecule has 1 fully saturated rings. The molecule has 0 bridgehead atoms. The van der Waals surface area contributed by atoms with Gasteiger partial charge in [0.2, 0.25) is 0 Å². The lowest BCUT2D eigenvalue weighted by atomic mass is 10.00. The molecule has 0 aromatic heterocycles. The Morgan fingerprint density at radius 1 is 1.22 bits per heavy atom. The van der Waals surface area contributed by atoms with Gasteiger partial charge in [-0.2, -0.15) is 0 Å². The molecule has 1 atom stereocenters. The Morgan fingerprint density at radius 3 is 2.83 bits per heavy atom. The average molecular weight is 318 g/mol. The number of amides is 2. The van der Waals surface area contributed by atoms with Crippen molar-refractivity contribution in [2.75, 3.05) is 33.4 Å². The highest BCUT2D eigenvalue weighted by atomic mass is 16.5. The van der Waals surface area contributed by atoms with Gasteiger partial charge < -0.3 is 19.7 Å². The second-order valence-corrected chi connectivity index (χ2v) is 6.47. The minimum atomic E-state index is -0.00167. The summed E-state index contributed by atoms with van der Waals surface area (Å²) in [6.07, 6.45) is 3.94. The summed E-state index contributed by atoms with van der Waals surface area (Å²) in [5.41, 5.74) is 1.08. The molecule has 3 rings (SSSR count). The van der Waals surface area contributed by atoms with Crippen molar-refractivity contribution >= 4 is 6.03 Å². The van der Waals surface area contributed by atoms with Crippen molar-refractivity contribution in [2.45, 2.75) is 31.7 Å². The molecule has 0 saturated carbocycles. The Bertz CT molecular complexity index is 529. The van der Waals surface area contributed by atoms with E-state index >= 15 is 0 Å². The van der Waals surface area contributed by atoms with Crippen LogP contribution in [0.5, 0.6) is 5.75 Å². The van der Waals surface area contributed by atoms with Crippen LogP contribution < -0.4 is 10.1 Å². The van der Waals surface area contributed by atoms with Gasteiger partial charge >= 0.3 is 6.03 Å². The smallest absolute Gasteiger partial charge is 0.317 e. The van der Waals surface area contributed by atoms with Gasteiger partial charge in [-0.05, 0) is 37.7 Å². The van der Waals surface area contributed by atoms with Crippen LogP contribution in [0.4, 0.5) is 4.79 Å². The summed E-state index contributed by atoms with van der Waals surface area (Å²) in [7, 11) is 1.88. The SMILES string of the molecule is CN(CC1CCOCC1)C(=O)NC1CCCOc2ccccc21. The van der Waals surface area contributed by atoms with Crippen molar-refractivity contribution in [3.8, 4) is 5.75 Å². The fourth-order valence-corrected chi connectivity index (χ4v) is 3.33. The van der Waals surface area contributed by atoms with Gasteiger partial charge in [0.05, 0.1) is 12.6 Å². The van der Waals surface area contributed by atoms with Gasteiger partial charge in [-0.1, -0.05) is 18.2 Å². The fourth-order valence-electron chi connectivity index (χ4n) is 3.33. The minimum Gasteiger partial charge on any atom is -0.493 e. The number of nitrogens with one attached hydrogen (secondary N) is 1. The molecular weight excluding hydrogens is 292 g/mol. The Morgan fingerprint density at radius 2 is 2.00 bits per heavy atom. The number of hydrogen-bond donors (Lipinski definition) is 1. The van der Waals surface area contributed by atoms with Crippen LogP contribution >= 0.6 is 0 Å². The van der Waals surface area contributed by atoms with Crippen LogP contribution in [0.1, 0.15) is 37.3 Å². The number of benzene rings is 1. The Kier molecular flexibility index (Phi) is 5.39. The third-order valence-electron chi connectivity index (χ3n) is 4.71. The molecule has 1 unspecified atom stereocenters. The van der Waals surface area contributed by atoms with Gasteiger partial charge in [-0.3, -0.25) is 0 Å². The lowest BCUT2D eigenvalue weighted by Gasteiger charge is -2.29. The molecule has 2 aliphatic heterocycles. The maximum absolute atomic E-state index is 12.5. The van der Waals surface area contributed by atoms with Crippen molar-refractivity contribution in [3.63, 3.8) is 0 Å². The highest BCUT2D eigenvalue weighted by Gasteiger charge is 2.24. The van der Waals surface area contributed by atoms with Crippen molar-refractivity contribution < 1.29 is 14.3 Å². The molecule has 5 nitrogen and oxygen atoms in total. The third-order valence-corrected chi connectivity index (χ3v) is 4.71. The Labute approximate surface area is 137 Å². The van der Waals surface area contributed by atoms with Crippen molar-refractivity contribution in [3.05, 3.63) is 29.8 Å². The molecule has 5 heteroatoms. The number of nitrogens with zero attached hydrogens (tertiary/aromatic N) is 1. The van der Waals surface area contributed by atoms with E-state index < -0.39 is 0 Å². The van der Waals surface area contributed by atoms with E-state index in [0.29, 0.717) is 12.5 Å². The predicted molar refractivity (Wildman–Crippen MR) is 88.6 cm³/mol. The standard InChI is InChI=1S/C18H26N2O3/c1-20(13-14-8-11-22-12-9-14)18(21)19-16-6-4-10-23-17-7-3-2-5-15(16)17/h2-3,5,7,14,16H,4,6,8-13H2,1H3,(H,19,21). The second kappa shape index (κ2) is 7.68. The molecule has 1 saturated heterocycles. The van der Waals surface area contributed by atoms with E-state index in [9.17, 15) is 4.79 Å². The van der Waals surface area contributed by atoms with Gasteiger partial charge in [-0.15, -0.1) is 0 Å². The molecule has 0 radical (unpaired) electrons. The summed E-state index contributed by atoms with van der Waals surface area (Å²) in [5.74, 6) is 1.44. The van der Waals surface area contributed by atoms with Gasteiger partial charge in [0.25, 0.3) is 0 Å². The average Bonchev–Trinajstić information content (AvgIpc) is 2.78. The lowest BCUT2D eigenvalue weighted by Crippen LogP contribution is -2.42. The number of para-hydroxylation sites is 1. The number of carbonyl (C=O) groups excluding carboxylic acids is 1. The first-order chi connectivity index (χ1) is 11.2. The van der Waals surface area contributed by atoms with E-state index in [-0.39, 0.29) is 12.1 Å². The van der Waals surface area contributed by atoms with Crippen LogP contribution in [0.25, 0.3) is 0 Å². The molecule has 2 heterocycles. The summed E-state index contributed by atoms with van der Waals surface area (Å²) in [4.78, 5) is 14.4. The van der Waals surface area contributed by atoms with Crippen LogP contribution in [0.3, 0.4) is 0 Å². The molecule has 1 aromatic carbocycles. The predicted octanol–water partition coefficient (Wildman–Crippen LogP) is 2.97. The Balaban J connectivity index is 1.60. The largest absolute Gasteiger partial charge is 0.493 e. The topological polar surface area (TPSA) is 50.8 Å². The minimum absolute atomic E-state index is 0.00167. The van der Waals surface area contributed by atoms with Gasteiger partial charge in [0, 0.05) is 32.4 Å². The van der Waals surface area contributed by atoms with E-state index in [0.717, 1.165) is 56.8 Å². The van der Waals surface area contributed by atoms with Crippen LogP contribution in [0.2, 0.25) is 0 Å². The van der Waals surface area contributed by atoms with Crippen LogP contribution in [-0.4, -0.2) is 44.3 Å². The number of fused-ring (bicyclic) bond motifs is 1. The molecule has 23 heavy (non-hydrogen) atoms. The van der Waals surface area contributed by atoms with E-state index in [1.54, 1.807) is 0 Å². The number of urea groups is 1. The van der Waals surface area contributed by atoms with E-state index in [4.69, 9.17) is 9.47 Å². The third kappa shape index (κ3) is 4.16. The molecule has 1 aromatic rings. The zero-order valence-electron chi connectivity index (χ0n) is 13.8. The molecule has 126 valence electrons.